The maximum Gasteiger partial charge on any atom is 0.410 e. The Morgan fingerprint density at radius 2 is 1.83 bits per heavy atom. The fourth-order valence-electron chi connectivity index (χ4n) is 3.99. The number of benzene rings is 1. The zero-order chi connectivity index (χ0) is 16.4. The van der Waals surface area contributed by atoms with E-state index in [1.54, 1.807) is 0 Å². The van der Waals surface area contributed by atoms with Crippen molar-refractivity contribution < 1.29 is 9.53 Å². The number of anilines is 1. The SMILES string of the molecule is O=C(OC1CNc2ccccc21)N1CCN(C2CCNCC2)CC1. The molecule has 2 N–H and O–H groups in total. The highest BCUT2D eigenvalue weighted by atomic mass is 16.6. The van der Waals surface area contributed by atoms with Gasteiger partial charge in [0.2, 0.25) is 0 Å². The van der Waals surface area contributed by atoms with Crippen LogP contribution in [-0.4, -0.2) is 67.7 Å². The molecule has 1 aromatic carbocycles. The van der Waals surface area contributed by atoms with Gasteiger partial charge in [-0.25, -0.2) is 4.79 Å². The quantitative estimate of drug-likeness (QED) is 0.864. The van der Waals surface area contributed by atoms with Gasteiger partial charge in [-0.3, -0.25) is 4.90 Å². The molecule has 3 aliphatic rings. The third-order valence-electron chi connectivity index (χ3n) is 5.43. The molecular weight excluding hydrogens is 304 g/mol. The van der Waals surface area contributed by atoms with Crippen LogP contribution < -0.4 is 10.6 Å². The summed E-state index contributed by atoms with van der Waals surface area (Å²) < 4.78 is 5.75. The Morgan fingerprint density at radius 1 is 1.08 bits per heavy atom. The van der Waals surface area contributed by atoms with Crippen molar-refractivity contribution in [1.82, 2.24) is 15.1 Å². The Hall–Kier alpha value is -1.79. The molecule has 24 heavy (non-hydrogen) atoms. The molecule has 1 atom stereocenters. The lowest BCUT2D eigenvalue weighted by molar-refractivity contribution is 0.0396. The predicted octanol–water partition coefficient (Wildman–Crippen LogP) is 1.66. The number of amides is 1. The maximum absolute atomic E-state index is 12.5. The number of nitrogens with one attached hydrogen (secondary N) is 2. The molecule has 130 valence electrons. The van der Waals surface area contributed by atoms with Crippen LogP contribution >= 0.6 is 0 Å². The molecule has 1 unspecified atom stereocenters. The zero-order valence-electron chi connectivity index (χ0n) is 14.0. The van der Waals surface area contributed by atoms with Crippen LogP contribution in [0.2, 0.25) is 0 Å². The maximum atomic E-state index is 12.5. The first-order chi connectivity index (χ1) is 11.8. The van der Waals surface area contributed by atoms with E-state index >= 15 is 0 Å². The Labute approximate surface area is 143 Å². The third-order valence-corrected chi connectivity index (χ3v) is 5.43. The number of carbonyl (C=O) groups excluding carboxylic acids is 1. The van der Waals surface area contributed by atoms with E-state index in [9.17, 15) is 4.79 Å². The second-order valence-electron chi connectivity index (χ2n) is 6.84. The normalized spacial score (nSPS) is 25.2. The Morgan fingerprint density at radius 3 is 2.62 bits per heavy atom. The minimum Gasteiger partial charge on any atom is -0.439 e. The van der Waals surface area contributed by atoms with Gasteiger partial charge >= 0.3 is 6.09 Å². The van der Waals surface area contributed by atoms with Gasteiger partial charge in [0.15, 0.2) is 0 Å². The summed E-state index contributed by atoms with van der Waals surface area (Å²) in [6.07, 6.45) is 2.09. The molecule has 3 heterocycles. The fraction of sp³-hybridized carbons (Fsp3) is 0.611. The minimum absolute atomic E-state index is 0.170. The lowest BCUT2D eigenvalue weighted by Crippen LogP contribution is -2.54. The summed E-state index contributed by atoms with van der Waals surface area (Å²) in [6, 6.07) is 8.72. The van der Waals surface area contributed by atoms with E-state index in [2.05, 4.69) is 15.5 Å². The van der Waals surface area contributed by atoms with Crippen molar-refractivity contribution in [1.29, 1.82) is 0 Å². The second-order valence-corrected chi connectivity index (χ2v) is 6.84. The molecule has 6 nitrogen and oxygen atoms in total. The minimum atomic E-state index is -0.177. The van der Waals surface area contributed by atoms with Crippen LogP contribution in [0.25, 0.3) is 0 Å². The van der Waals surface area contributed by atoms with Crippen molar-refractivity contribution in [3.8, 4) is 0 Å². The van der Waals surface area contributed by atoms with Crippen molar-refractivity contribution in [2.24, 2.45) is 0 Å². The first-order valence-electron chi connectivity index (χ1n) is 9.04. The lowest BCUT2D eigenvalue weighted by Gasteiger charge is -2.40. The van der Waals surface area contributed by atoms with Crippen LogP contribution in [-0.2, 0) is 4.74 Å². The average molecular weight is 330 g/mol. The number of hydrogen-bond acceptors (Lipinski definition) is 5. The Kier molecular flexibility index (Phi) is 4.58. The summed E-state index contributed by atoms with van der Waals surface area (Å²) in [5.74, 6) is 0. The highest BCUT2D eigenvalue weighted by Crippen LogP contribution is 2.32. The van der Waals surface area contributed by atoms with Crippen LogP contribution in [0.5, 0.6) is 0 Å². The highest BCUT2D eigenvalue weighted by molar-refractivity contribution is 5.69. The van der Waals surface area contributed by atoms with Gasteiger partial charge < -0.3 is 20.3 Å². The van der Waals surface area contributed by atoms with Crippen molar-refractivity contribution in [2.75, 3.05) is 51.1 Å². The van der Waals surface area contributed by atoms with Crippen LogP contribution in [0.4, 0.5) is 10.5 Å². The van der Waals surface area contributed by atoms with Crippen molar-refractivity contribution >= 4 is 11.8 Å². The summed E-state index contributed by atoms with van der Waals surface area (Å²) in [6.45, 7) is 6.34. The molecule has 1 amide bonds. The molecule has 6 heteroatoms. The number of para-hydroxylation sites is 1. The molecule has 0 bridgehead atoms. The van der Waals surface area contributed by atoms with Gasteiger partial charge in [0.05, 0.1) is 6.54 Å². The number of piperidine rings is 1. The molecule has 0 aromatic heterocycles. The van der Waals surface area contributed by atoms with E-state index in [0.29, 0.717) is 12.6 Å². The molecule has 0 saturated carbocycles. The summed E-state index contributed by atoms with van der Waals surface area (Å²) in [5.41, 5.74) is 2.16. The van der Waals surface area contributed by atoms with E-state index in [4.69, 9.17) is 4.74 Å². The van der Waals surface area contributed by atoms with E-state index in [1.165, 1.54) is 12.8 Å². The van der Waals surface area contributed by atoms with Gasteiger partial charge in [0.1, 0.15) is 6.10 Å². The molecule has 0 spiro atoms. The van der Waals surface area contributed by atoms with E-state index in [0.717, 1.165) is 50.5 Å². The van der Waals surface area contributed by atoms with Crippen LogP contribution in [0.15, 0.2) is 24.3 Å². The van der Waals surface area contributed by atoms with Crippen LogP contribution in [0.1, 0.15) is 24.5 Å². The van der Waals surface area contributed by atoms with Crippen molar-refractivity contribution in [2.45, 2.75) is 25.0 Å². The van der Waals surface area contributed by atoms with E-state index in [1.807, 2.05) is 29.2 Å². The van der Waals surface area contributed by atoms with Gasteiger partial charge in [-0.1, -0.05) is 18.2 Å². The molecule has 3 aliphatic heterocycles. The van der Waals surface area contributed by atoms with Gasteiger partial charge in [0.25, 0.3) is 0 Å². The molecular formula is C18H26N4O2. The molecule has 1 aromatic rings. The largest absolute Gasteiger partial charge is 0.439 e. The topological polar surface area (TPSA) is 56.8 Å². The summed E-state index contributed by atoms with van der Waals surface area (Å²) >= 11 is 0. The lowest BCUT2D eigenvalue weighted by atomic mass is 10.0. The summed E-state index contributed by atoms with van der Waals surface area (Å²) in [4.78, 5) is 16.9. The van der Waals surface area contributed by atoms with Gasteiger partial charge in [-0.05, 0) is 32.0 Å². The first-order valence-corrected chi connectivity index (χ1v) is 9.04. The van der Waals surface area contributed by atoms with Gasteiger partial charge in [0, 0.05) is 43.5 Å². The Balaban J connectivity index is 1.29. The Bertz CT molecular complexity index is 580. The van der Waals surface area contributed by atoms with E-state index < -0.39 is 0 Å². The molecule has 0 aliphatic carbocycles. The number of ether oxygens (including phenoxy) is 1. The standard InChI is InChI=1S/C18H26N4O2/c23-18(24-17-13-20-16-4-2-1-3-15(16)17)22-11-9-21(10-12-22)14-5-7-19-8-6-14/h1-4,14,17,19-20H,5-13H2. The molecule has 4 rings (SSSR count). The van der Waals surface area contributed by atoms with Crippen molar-refractivity contribution in [3.05, 3.63) is 29.8 Å². The summed E-state index contributed by atoms with van der Waals surface area (Å²) in [7, 11) is 0. The smallest absolute Gasteiger partial charge is 0.410 e. The molecule has 2 saturated heterocycles. The molecule has 2 fully saturated rings. The monoisotopic (exact) mass is 330 g/mol. The summed E-state index contributed by atoms with van der Waals surface area (Å²) in [5, 5.41) is 6.71. The number of nitrogens with zero attached hydrogens (tertiary/aromatic N) is 2. The molecule has 0 radical (unpaired) electrons. The first kappa shape index (κ1) is 15.7. The average Bonchev–Trinajstić information content (AvgIpc) is 3.06. The van der Waals surface area contributed by atoms with Crippen LogP contribution in [0, 0.1) is 0 Å². The predicted molar refractivity (Wildman–Crippen MR) is 93.2 cm³/mol. The zero-order valence-corrected chi connectivity index (χ0v) is 14.0. The number of carbonyl (C=O) groups is 1. The number of fused-ring (bicyclic) bond motifs is 1. The third kappa shape index (κ3) is 3.21. The second kappa shape index (κ2) is 6.99. The van der Waals surface area contributed by atoms with Gasteiger partial charge in [-0.15, -0.1) is 0 Å². The number of piperazine rings is 1. The van der Waals surface area contributed by atoms with Crippen LogP contribution in [0.3, 0.4) is 0 Å². The van der Waals surface area contributed by atoms with E-state index in [-0.39, 0.29) is 12.2 Å². The highest BCUT2D eigenvalue weighted by Gasteiger charge is 2.31. The number of rotatable bonds is 2. The van der Waals surface area contributed by atoms with Gasteiger partial charge in [-0.2, -0.15) is 0 Å². The fourth-order valence-corrected chi connectivity index (χ4v) is 3.99. The van der Waals surface area contributed by atoms with Crippen molar-refractivity contribution in [3.63, 3.8) is 0 Å². The number of hydrogen-bond donors (Lipinski definition) is 2.